The number of carbonyl (C=O) groups is 1. The molecular formula is C16H23ClN2O2S. The molecule has 1 amide bonds. The number of nitrogens with zero attached hydrogens (tertiary/aromatic N) is 1. The van der Waals surface area contributed by atoms with Gasteiger partial charge in [-0.15, -0.1) is 0 Å². The van der Waals surface area contributed by atoms with Crippen LogP contribution < -0.4 is 5.32 Å². The second-order valence-corrected chi connectivity index (χ2v) is 7.31. The summed E-state index contributed by atoms with van der Waals surface area (Å²) in [6, 6.07) is 7.79. The van der Waals surface area contributed by atoms with E-state index in [1.165, 1.54) is 5.56 Å². The van der Waals surface area contributed by atoms with Crippen molar-refractivity contribution < 1.29 is 9.90 Å². The van der Waals surface area contributed by atoms with Crippen molar-refractivity contribution in [2.24, 2.45) is 0 Å². The molecule has 1 aliphatic rings. The van der Waals surface area contributed by atoms with Crippen molar-refractivity contribution in [3.05, 3.63) is 34.9 Å². The number of thioether (sulfide) groups is 1. The van der Waals surface area contributed by atoms with Gasteiger partial charge in [-0.3, -0.25) is 4.79 Å². The first-order chi connectivity index (χ1) is 10.5. The highest BCUT2D eigenvalue weighted by Crippen LogP contribution is 2.21. The maximum Gasteiger partial charge on any atom is 0.252 e. The van der Waals surface area contributed by atoms with Gasteiger partial charge < -0.3 is 15.3 Å². The van der Waals surface area contributed by atoms with Crippen LogP contribution in [0.2, 0.25) is 5.02 Å². The topological polar surface area (TPSA) is 52.6 Å². The molecule has 2 rings (SSSR count). The Labute approximate surface area is 141 Å². The highest BCUT2D eigenvalue weighted by molar-refractivity contribution is 7.98. The second kappa shape index (κ2) is 8.20. The molecule has 1 aromatic carbocycles. The molecule has 1 heterocycles. The van der Waals surface area contributed by atoms with Crippen molar-refractivity contribution in [1.82, 2.24) is 10.2 Å². The van der Waals surface area contributed by atoms with Crippen LogP contribution in [-0.4, -0.2) is 53.9 Å². The number of hydrogen-bond acceptors (Lipinski definition) is 4. The lowest BCUT2D eigenvalue weighted by atomic mass is 9.91. The van der Waals surface area contributed by atoms with Gasteiger partial charge in [0.2, 0.25) is 0 Å². The van der Waals surface area contributed by atoms with E-state index in [1.807, 2.05) is 31.3 Å². The predicted octanol–water partition coefficient (Wildman–Crippen LogP) is 2.15. The molecule has 0 spiro atoms. The molecule has 0 bridgehead atoms. The van der Waals surface area contributed by atoms with Crippen molar-refractivity contribution in [2.75, 3.05) is 32.4 Å². The van der Waals surface area contributed by atoms with Gasteiger partial charge in [0.05, 0.1) is 0 Å². The maximum absolute atomic E-state index is 12.1. The van der Waals surface area contributed by atoms with Crippen LogP contribution in [0.1, 0.15) is 18.4 Å². The summed E-state index contributed by atoms with van der Waals surface area (Å²) in [6.45, 7) is 2.09. The van der Waals surface area contributed by atoms with Gasteiger partial charge in [-0.05, 0) is 37.6 Å². The zero-order valence-electron chi connectivity index (χ0n) is 12.8. The summed E-state index contributed by atoms with van der Waals surface area (Å²) in [6.07, 6.45) is 1.01. The van der Waals surface area contributed by atoms with Crippen LogP contribution in [0, 0.1) is 0 Å². The minimum Gasteiger partial charge on any atom is -0.380 e. The Kier molecular flexibility index (Phi) is 6.56. The summed E-state index contributed by atoms with van der Waals surface area (Å²) in [5, 5.41) is 14.0. The Bertz CT molecular complexity index is 505. The van der Waals surface area contributed by atoms with E-state index in [2.05, 4.69) is 10.2 Å². The van der Waals surface area contributed by atoms with E-state index in [4.69, 9.17) is 11.6 Å². The summed E-state index contributed by atoms with van der Waals surface area (Å²) < 4.78 is 0. The summed E-state index contributed by atoms with van der Waals surface area (Å²) in [4.78, 5) is 14.2. The fourth-order valence-corrected chi connectivity index (χ4v) is 3.45. The second-order valence-electron chi connectivity index (χ2n) is 5.77. The molecule has 1 aliphatic heterocycles. The number of halogens is 1. The number of rotatable bonds is 6. The van der Waals surface area contributed by atoms with Gasteiger partial charge in [0.1, 0.15) is 5.60 Å². The van der Waals surface area contributed by atoms with E-state index in [0.717, 1.165) is 29.6 Å². The average Bonchev–Trinajstić information content (AvgIpc) is 2.50. The van der Waals surface area contributed by atoms with Crippen LogP contribution in [0.4, 0.5) is 0 Å². The molecule has 1 aromatic rings. The largest absolute Gasteiger partial charge is 0.380 e. The molecule has 1 saturated heterocycles. The SMILES string of the molecule is CN1CCC(O)(C(=O)NCCSCc2cccc(Cl)c2)CC1. The third-order valence-electron chi connectivity index (χ3n) is 3.93. The number of aliphatic hydroxyl groups is 1. The Morgan fingerprint density at radius 2 is 2.18 bits per heavy atom. The lowest BCUT2D eigenvalue weighted by molar-refractivity contribution is -0.144. The van der Waals surface area contributed by atoms with Gasteiger partial charge in [0.15, 0.2) is 0 Å². The third-order valence-corrected chi connectivity index (χ3v) is 5.19. The molecule has 0 aliphatic carbocycles. The molecule has 0 atom stereocenters. The van der Waals surface area contributed by atoms with Crippen molar-refractivity contribution in [3.8, 4) is 0 Å². The van der Waals surface area contributed by atoms with E-state index in [1.54, 1.807) is 11.8 Å². The number of piperidine rings is 1. The van der Waals surface area contributed by atoms with Crippen molar-refractivity contribution in [3.63, 3.8) is 0 Å². The predicted molar refractivity (Wildman–Crippen MR) is 92.3 cm³/mol. The number of amides is 1. The monoisotopic (exact) mass is 342 g/mol. The van der Waals surface area contributed by atoms with E-state index in [-0.39, 0.29) is 5.91 Å². The molecule has 1 fully saturated rings. The number of likely N-dealkylation sites (tertiary alicyclic amines) is 1. The van der Waals surface area contributed by atoms with E-state index < -0.39 is 5.60 Å². The summed E-state index contributed by atoms with van der Waals surface area (Å²) in [5.41, 5.74) is -0.0119. The molecule has 0 aromatic heterocycles. The molecule has 0 unspecified atom stereocenters. The van der Waals surface area contributed by atoms with E-state index in [0.29, 0.717) is 19.4 Å². The zero-order chi connectivity index (χ0) is 16.0. The van der Waals surface area contributed by atoms with Gasteiger partial charge in [-0.2, -0.15) is 11.8 Å². The first-order valence-corrected chi connectivity index (χ1v) is 9.04. The van der Waals surface area contributed by atoms with Crippen LogP contribution in [0.3, 0.4) is 0 Å². The Morgan fingerprint density at radius 1 is 1.45 bits per heavy atom. The first-order valence-electron chi connectivity index (χ1n) is 7.51. The third kappa shape index (κ3) is 5.16. The van der Waals surface area contributed by atoms with Crippen LogP contribution in [-0.2, 0) is 10.5 Å². The summed E-state index contributed by atoms with van der Waals surface area (Å²) in [7, 11) is 2.00. The highest BCUT2D eigenvalue weighted by atomic mass is 35.5. The molecule has 122 valence electrons. The number of hydrogen-bond donors (Lipinski definition) is 2. The fourth-order valence-electron chi connectivity index (χ4n) is 2.43. The maximum atomic E-state index is 12.1. The fraction of sp³-hybridized carbons (Fsp3) is 0.562. The standard InChI is InChI=1S/C16H23ClN2O2S/c1-19-8-5-16(21,6-9-19)15(20)18-7-10-22-12-13-3-2-4-14(17)11-13/h2-4,11,21H,5-10,12H2,1H3,(H,18,20). The van der Waals surface area contributed by atoms with Gasteiger partial charge >= 0.3 is 0 Å². The highest BCUT2D eigenvalue weighted by Gasteiger charge is 2.38. The van der Waals surface area contributed by atoms with Gasteiger partial charge in [-0.25, -0.2) is 0 Å². The molecule has 4 nitrogen and oxygen atoms in total. The van der Waals surface area contributed by atoms with Crippen LogP contribution in [0.5, 0.6) is 0 Å². The molecule has 6 heteroatoms. The van der Waals surface area contributed by atoms with Crippen LogP contribution in [0.25, 0.3) is 0 Å². The summed E-state index contributed by atoms with van der Waals surface area (Å²) in [5.74, 6) is 1.45. The Hall–Kier alpha value is -0.750. The first kappa shape index (κ1) is 17.6. The summed E-state index contributed by atoms with van der Waals surface area (Å²) >= 11 is 7.68. The minimum atomic E-state index is -1.19. The lowest BCUT2D eigenvalue weighted by Crippen LogP contribution is -2.53. The quantitative estimate of drug-likeness (QED) is 0.778. The van der Waals surface area contributed by atoms with Crippen LogP contribution in [0.15, 0.2) is 24.3 Å². The minimum absolute atomic E-state index is 0.232. The lowest BCUT2D eigenvalue weighted by Gasteiger charge is -2.35. The van der Waals surface area contributed by atoms with E-state index >= 15 is 0 Å². The normalized spacial score (nSPS) is 18.1. The van der Waals surface area contributed by atoms with Gasteiger partial charge in [0, 0.05) is 36.2 Å². The average molecular weight is 343 g/mol. The van der Waals surface area contributed by atoms with Gasteiger partial charge in [-0.1, -0.05) is 23.7 Å². The number of carbonyl (C=O) groups excluding carboxylic acids is 1. The molecule has 0 radical (unpaired) electrons. The smallest absolute Gasteiger partial charge is 0.252 e. The molecule has 2 N–H and O–H groups in total. The Morgan fingerprint density at radius 3 is 2.86 bits per heavy atom. The van der Waals surface area contributed by atoms with Gasteiger partial charge in [0.25, 0.3) is 5.91 Å². The zero-order valence-corrected chi connectivity index (χ0v) is 14.4. The number of nitrogens with one attached hydrogen (secondary N) is 1. The van der Waals surface area contributed by atoms with Crippen molar-refractivity contribution >= 4 is 29.3 Å². The number of benzene rings is 1. The van der Waals surface area contributed by atoms with Crippen molar-refractivity contribution in [2.45, 2.75) is 24.2 Å². The Balaban J connectivity index is 1.65. The van der Waals surface area contributed by atoms with Crippen LogP contribution >= 0.6 is 23.4 Å². The molecular weight excluding hydrogens is 320 g/mol. The van der Waals surface area contributed by atoms with E-state index in [9.17, 15) is 9.90 Å². The molecule has 22 heavy (non-hydrogen) atoms. The van der Waals surface area contributed by atoms with Crippen molar-refractivity contribution in [1.29, 1.82) is 0 Å². The molecule has 0 saturated carbocycles.